The predicted molar refractivity (Wildman–Crippen MR) is 99.8 cm³/mol. The topological polar surface area (TPSA) is 66.9 Å². The minimum Gasteiger partial charge on any atom is -0.367 e. The summed E-state index contributed by atoms with van der Waals surface area (Å²) in [4.78, 5) is 20.7. The summed E-state index contributed by atoms with van der Waals surface area (Å²) >= 11 is 5.87. The number of carbonyl (C=O) groups is 1. The summed E-state index contributed by atoms with van der Waals surface area (Å²) in [5, 5.41) is 7.01. The fraction of sp³-hybridized carbons (Fsp3) is 0.421. The van der Waals surface area contributed by atoms with Crippen molar-refractivity contribution < 1.29 is 4.79 Å². The molecule has 0 atom stereocenters. The molecule has 2 aromatic rings. The van der Waals surface area contributed by atoms with E-state index in [0.29, 0.717) is 23.3 Å². The molecule has 6 heteroatoms. The highest BCUT2D eigenvalue weighted by molar-refractivity contribution is 6.30. The molecular weight excluding hydrogens is 336 g/mol. The third-order valence-electron chi connectivity index (χ3n) is 4.47. The second-order valence-corrected chi connectivity index (χ2v) is 6.87. The molecule has 25 heavy (non-hydrogen) atoms. The number of nitrogens with one attached hydrogen (secondary N) is 2. The van der Waals surface area contributed by atoms with Crippen LogP contribution in [0.1, 0.15) is 54.6 Å². The SMILES string of the molecule is O=C(NCc1ccc(Cl)cc1)c1cc(NC2CCCCCC2)ncn1. The number of anilines is 1. The Hall–Kier alpha value is -2.14. The summed E-state index contributed by atoms with van der Waals surface area (Å²) in [5.41, 5.74) is 1.36. The molecule has 3 rings (SSSR count). The van der Waals surface area contributed by atoms with E-state index in [4.69, 9.17) is 11.6 Å². The number of nitrogens with zero attached hydrogens (tertiary/aromatic N) is 2. The molecule has 1 fully saturated rings. The predicted octanol–water partition coefficient (Wildman–Crippen LogP) is 4.19. The number of hydrogen-bond acceptors (Lipinski definition) is 4. The van der Waals surface area contributed by atoms with E-state index in [1.807, 2.05) is 24.3 Å². The molecule has 1 aliphatic carbocycles. The Morgan fingerprint density at radius 1 is 1.08 bits per heavy atom. The average Bonchev–Trinajstić information content (AvgIpc) is 2.90. The number of benzene rings is 1. The molecule has 5 nitrogen and oxygen atoms in total. The van der Waals surface area contributed by atoms with Gasteiger partial charge in [-0.25, -0.2) is 9.97 Å². The van der Waals surface area contributed by atoms with Gasteiger partial charge in [0.1, 0.15) is 17.8 Å². The normalized spacial score (nSPS) is 15.4. The van der Waals surface area contributed by atoms with Gasteiger partial charge in [0.2, 0.25) is 0 Å². The first kappa shape index (κ1) is 17.7. The van der Waals surface area contributed by atoms with Gasteiger partial charge >= 0.3 is 0 Å². The number of rotatable bonds is 5. The van der Waals surface area contributed by atoms with Crippen LogP contribution < -0.4 is 10.6 Å². The Morgan fingerprint density at radius 2 is 1.80 bits per heavy atom. The van der Waals surface area contributed by atoms with Crippen molar-refractivity contribution in [1.82, 2.24) is 15.3 Å². The Bertz CT molecular complexity index is 697. The number of hydrogen-bond donors (Lipinski definition) is 2. The van der Waals surface area contributed by atoms with Gasteiger partial charge in [0.05, 0.1) is 0 Å². The van der Waals surface area contributed by atoms with E-state index in [9.17, 15) is 4.79 Å². The van der Waals surface area contributed by atoms with E-state index in [-0.39, 0.29) is 5.91 Å². The van der Waals surface area contributed by atoms with E-state index in [0.717, 1.165) is 24.2 Å². The van der Waals surface area contributed by atoms with E-state index in [2.05, 4.69) is 20.6 Å². The van der Waals surface area contributed by atoms with Crippen molar-refractivity contribution in [2.45, 2.75) is 51.1 Å². The zero-order chi connectivity index (χ0) is 17.5. The lowest BCUT2D eigenvalue weighted by molar-refractivity contribution is 0.0946. The first-order valence-electron chi connectivity index (χ1n) is 8.82. The maximum Gasteiger partial charge on any atom is 0.270 e. The molecule has 0 spiro atoms. The van der Waals surface area contributed by atoms with Crippen LogP contribution in [0.2, 0.25) is 5.02 Å². The highest BCUT2D eigenvalue weighted by Crippen LogP contribution is 2.20. The first-order valence-corrected chi connectivity index (χ1v) is 9.20. The summed E-state index contributed by atoms with van der Waals surface area (Å²) < 4.78 is 0. The molecule has 2 N–H and O–H groups in total. The summed E-state index contributed by atoms with van der Waals surface area (Å²) in [7, 11) is 0. The first-order chi connectivity index (χ1) is 12.2. The van der Waals surface area contributed by atoms with Crippen LogP contribution >= 0.6 is 11.6 Å². The van der Waals surface area contributed by atoms with Crippen LogP contribution in [-0.4, -0.2) is 21.9 Å². The molecule has 1 amide bonds. The van der Waals surface area contributed by atoms with Crippen LogP contribution in [0.3, 0.4) is 0 Å². The van der Waals surface area contributed by atoms with E-state index < -0.39 is 0 Å². The van der Waals surface area contributed by atoms with E-state index >= 15 is 0 Å². The van der Waals surface area contributed by atoms with Crippen molar-refractivity contribution in [3.8, 4) is 0 Å². The van der Waals surface area contributed by atoms with Gasteiger partial charge in [0.25, 0.3) is 5.91 Å². The van der Waals surface area contributed by atoms with Gasteiger partial charge in [-0.2, -0.15) is 0 Å². The third kappa shape index (κ3) is 5.43. The second kappa shape index (κ2) is 8.81. The van der Waals surface area contributed by atoms with E-state index in [1.165, 1.54) is 32.0 Å². The molecule has 1 aliphatic rings. The minimum absolute atomic E-state index is 0.207. The Balaban J connectivity index is 1.58. The molecule has 1 aromatic carbocycles. The summed E-state index contributed by atoms with van der Waals surface area (Å²) in [6.07, 6.45) is 8.86. The standard InChI is InChI=1S/C19H23ClN4O/c20-15-9-7-14(8-10-15)12-21-19(25)17-11-18(23-13-22-17)24-16-5-3-1-2-4-6-16/h7-11,13,16H,1-6,12H2,(H,21,25)(H,22,23,24). The zero-order valence-electron chi connectivity index (χ0n) is 14.2. The van der Waals surface area contributed by atoms with Crippen molar-refractivity contribution in [3.05, 3.63) is 52.9 Å². The minimum atomic E-state index is -0.207. The van der Waals surface area contributed by atoms with Crippen LogP contribution in [0, 0.1) is 0 Å². The van der Waals surface area contributed by atoms with Gasteiger partial charge in [-0.15, -0.1) is 0 Å². The highest BCUT2D eigenvalue weighted by Gasteiger charge is 2.14. The molecule has 0 unspecified atom stereocenters. The monoisotopic (exact) mass is 358 g/mol. The third-order valence-corrected chi connectivity index (χ3v) is 4.73. The maximum absolute atomic E-state index is 12.3. The van der Waals surface area contributed by atoms with Gasteiger partial charge in [-0.1, -0.05) is 49.4 Å². The van der Waals surface area contributed by atoms with Gasteiger partial charge < -0.3 is 10.6 Å². The highest BCUT2D eigenvalue weighted by atomic mass is 35.5. The number of aromatic nitrogens is 2. The molecule has 0 radical (unpaired) electrons. The second-order valence-electron chi connectivity index (χ2n) is 6.43. The molecule has 0 bridgehead atoms. The molecule has 1 aromatic heterocycles. The Kier molecular flexibility index (Phi) is 6.23. The number of carbonyl (C=O) groups excluding carboxylic acids is 1. The van der Waals surface area contributed by atoms with Gasteiger partial charge in [0, 0.05) is 23.7 Å². The quantitative estimate of drug-likeness (QED) is 0.786. The lowest BCUT2D eigenvalue weighted by Gasteiger charge is -2.17. The fourth-order valence-electron chi connectivity index (χ4n) is 3.07. The smallest absolute Gasteiger partial charge is 0.270 e. The summed E-state index contributed by atoms with van der Waals surface area (Å²) in [6, 6.07) is 9.55. The van der Waals surface area contributed by atoms with E-state index in [1.54, 1.807) is 6.07 Å². The molecule has 1 saturated carbocycles. The van der Waals surface area contributed by atoms with Crippen molar-refractivity contribution in [3.63, 3.8) is 0 Å². The van der Waals surface area contributed by atoms with Crippen LogP contribution in [0.4, 0.5) is 5.82 Å². The fourth-order valence-corrected chi connectivity index (χ4v) is 3.19. The number of halogens is 1. The molecule has 0 aliphatic heterocycles. The Morgan fingerprint density at radius 3 is 2.52 bits per heavy atom. The van der Waals surface area contributed by atoms with Crippen molar-refractivity contribution in [2.75, 3.05) is 5.32 Å². The molecule has 132 valence electrons. The van der Waals surface area contributed by atoms with Crippen LogP contribution in [0.25, 0.3) is 0 Å². The van der Waals surface area contributed by atoms with Crippen molar-refractivity contribution in [2.24, 2.45) is 0 Å². The summed E-state index contributed by atoms with van der Waals surface area (Å²) in [5.74, 6) is 0.514. The summed E-state index contributed by atoms with van der Waals surface area (Å²) in [6.45, 7) is 0.436. The molecule has 1 heterocycles. The lowest BCUT2D eigenvalue weighted by Crippen LogP contribution is -2.25. The number of amides is 1. The van der Waals surface area contributed by atoms with Gasteiger partial charge in [-0.05, 0) is 30.5 Å². The Labute approximate surface area is 153 Å². The zero-order valence-corrected chi connectivity index (χ0v) is 14.9. The average molecular weight is 359 g/mol. The molecular formula is C19H23ClN4O. The van der Waals surface area contributed by atoms with Crippen molar-refractivity contribution in [1.29, 1.82) is 0 Å². The maximum atomic E-state index is 12.3. The van der Waals surface area contributed by atoms with Crippen LogP contribution in [0.5, 0.6) is 0 Å². The van der Waals surface area contributed by atoms with Crippen molar-refractivity contribution >= 4 is 23.3 Å². The van der Waals surface area contributed by atoms with Gasteiger partial charge in [-0.3, -0.25) is 4.79 Å². The largest absolute Gasteiger partial charge is 0.367 e. The molecule has 0 saturated heterocycles. The van der Waals surface area contributed by atoms with Gasteiger partial charge in [0.15, 0.2) is 0 Å². The lowest BCUT2D eigenvalue weighted by atomic mass is 10.1. The van der Waals surface area contributed by atoms with Crippen LogP contribution in [0.15, 0.2) is 36.7 Å². The van der Waals surface area contributed by atoms with Crippen LogP contribution in [-0.2, 0) is 6.54 Å².